The van der Waals surface area contributed by atoms with E-state index in [4.69, 9.17) is 4.74 Å². The summed E-state index contributed by atoms with van der Waals surface area (Å²) in [6, 6.07) is 0.645. The molecule has 30 heavy (non-hydrogen) atoms. The van der Waals surface area contributed by atoms with Gasteiger partial charge in [0.2, 0.25) is 0 Å². The minimum Gasteiger partial charge on any atom is -0.383 e. The van der Waals surface area contributed by atoms with Crippen molar-refractivity contribution < 1.29 is 19.2 Å². The van der Waals surface area contributed by atoms with Crippen molar-refractivity contribution in [1.82, 2.24) is 5.32 Å². The molecule has 1 unspecified atom stereocenters. The number of rotatable bonds is 7. The summed E-state index contributed by atoms with van der Waals surface area (Å²) in [6.07, 6.45) is 12.0. The topological polar surface area (TPSA) is 71.9 Å². The van der Waals surface area contributed by atoms with E-state index in [0.717, 1.165) is 48.7 Å². The molecule has 2 aliphatic carbocycles. The zero-order valence-electron chi connectivity index (χ0n) is 18.2. The number of anilines is 1. The normalized spacial score (nSPS) is 25.8. The highest BCUT2D eigenvalue weighted by atomic mass is 32.1. The first-order valence-corrected chi connectivity index (χ1v) is 12.5. The number of fused-ring (bicyclic) bond motifs is 2. The minimum absolute atomic E-state index is 0.0563. The van der Waals surface area contributed by atoms with Crippen LogP contribution in [0.4, 0.5) is 5.00 Å². The number of thiophene rings is 1. The van der Waals surface area contributed by atoms with Gasteiger partial charge in [-0.25, -0.2) is 0 Å². The van der Waals surface area contributed by atoms with Gasteiger partial charge in [0.25, 0.3) is 11.8 Å². The fourth-order valence-electron chi connectivity index (χ4n) is 5.71. The fraction of sp³-hybridized carbons (Fsp3) is 0.739. The van der Waals surface area contributed by atoms with E-state index in [9.17, 15) is 9.59 Å². The van der Waals surface area contributed by atoms with Crippen LogP contribution in [0.5, 0.6) is 0 Å². The molecule has 3 atom stereocenters. The molecule has 2 amide bonds. The Morgan fingerprint density at radius 2 is 1.90 bits per heavy atom. The number of nitrogens with one attached hydrogen (secondary N) is 3. The molecule has 3 N–H and O–H groups in total. The molecular formula is C23H36N3O3S+. The van der Waals surface area contributed by atoms with Crippen LogP contribution in [-0.4, -0.2) is 51.2 Å². The van der Waals surface area contributed by atoms with E-state index < -0.39 is 0 Å². The number of quaternary nitrogens is 1. The molecule has 1 saturated heterocycles. The number of piperidine rings is 1. The lowest BCUT2D eigenvalue weighted by molar-refractivity contribution is -0.928. The Morgan fingerprint density at radius 3 is 2.77 bits per heavy atom. The van der Waals surface area contributed by atoms with E-state index in [1.807, 2.05) is 0 Å². The first-order chi connectivity index (χ1) is 14.7. The van der Waals surface area contributed by atoms with Gasteiger partial charge < -0.3 is 20.3 Å². The SMILES string of the molecule is COCCNC(=O)c1c(NC(=O)C[NH+]2CCC[C@@H]3CCCC[C@@H]32)sc2c1CCCC2. The number of carbonyl (C=O) groups is 2. The number of carbonyl (C=O) groups excluding carboxylic acids is 2. The van der Waals surface area contributed by atoms with Gasteiger partial charge in [0.1, 0.15) is 5.00 Å². The van der Waals surface area contributed by atoms with Gasteiger partial charge in [-0.15, -0.1) is 11.3 Å². The largest absolute Gasteiger partial charge is 0.383 e. The van der Waals surface area contributed by atoms with Gasteiger partial charge in [-0.2, -0.15) is 0 Å². The van der Waals surface area contributed by atoms with Gasteiger partial charge in [-0.3, -0.25) is 9.59 Å². The third-order valence-corrected chi connectivity index (χ3v) is 8.34. The second-order valence-electron chi connectivity index (χ2n) is 9.09. The number of likely N-dealkylation sites (tertiary alicyclic amines) is 1. The third-order valence-electron chi connectivity index (χ3n) is 7.14. The van der Waals surface area contributed by atoms with Crippen molar-refractivity contribution in [3.8, 4) is 0 Å². The highest BCUT2D eigenvalue weighted by Crippen LogP contribution is 2.38. The number of aryl methyl sites for hydroxylation is 1. The van der Waals surface area contributed by atoms with Crippen molar-refractivity contribution in [2.45, 2.75) is 70.3 Å². The quantitative estimate of drug-likeness (QED) is 0.576. The molecule has 3 aliphatic rings. The summed E-state index contributed by atoms with van der Waals surface area (Å²) in [4.78, 5) is 28.7. The summed E-state index contributed by atoms with van der Waals surface area (Å²) in [6.45, 7) is 2.59. The Labute approximate surface area is 183 Å². The smallest absolute Gasteiger partial charge is 0.280 e. The van der Waals surface area contributed by atoms with Crippen LogP contribution in [0.3, 0.4) is 0 Å². The number of amides is 2. The van der Waals surface area contributed by atoms with Crippen molar-refractivity contribution in [1.29, 1.82) is 0 Å². The molecule has 2 fully saturated rings. The lowest BCUT2D eigenvalue weighted by Gasteiger charge is -2.40. The summed E-state index contributed by atoms with van der Waals surface area (Å²) in [5.74, 6) is 0.770. The molecular weight excluding hydrogens is 398 g/mol. The number of hydrogen-bond acceptors (Lipinski definition) is 4. The number of hydrogen-bond donors (Lipinski definition) is 3. The van der Waals surface area contributed by atoms with Crippen molar-refractivity contribution in [3.63, 3.8) is 0 Å². The second-order valence-corrected chi connectivity index (χ2v) is 10.2. The molecule has 1 aromatic rings. The number of methoxy groups -OCH3 is 1. The van der Waals surface area contributed by atoms with Crippen LogP contribution in [0.2, 0.25) is 0 Å². The highest BCUT2D eigenvalue weighted by molar-refractivity contribution is 7.17. The summed E-state index contributed by atoms with van der Waals surface area (Å²) < 4.78 is 5.06. The van der Waals surface area contributed by atoms with Gasteiger partial charge >= 0.3 is 0 Å². The maximum Gasteiger partial charge on any atom is 0.280 e. The van der Waals surface area contributed by atoms with Crippen molar-refractivity contribution in [2.75, 3.05) is 38.7 Å². The van der Waals surface area contributed by atoms with Crippen LogP contribution in [0.25, 0.3) is 0 Å². The van der Waals surface area contributed by atoms with Gasteiger partial charge in [0.05, 0.1) is 24.8 Å². The molecule has 166 valence electrons. The summed E-state index contributed by atoms with van der Waals surface area (Å²) >= 11 is 1.61. The summed E-state index contributed by atoms with van der Waals surface area (Å²) in [5.41, 5.74) is 1.84. The zero-order chi connectivity index (χ0) is 20.9. The van der Waals surface area contributed by atoms with Crippen molar-refractivity contribution in [2.24, 2.45) is 5.92 Å². The molecule has 0 radical (unpaired) electrons. The Balaban J connectivity index is 1.46. The average molecular weight is 435 g/mol. The highest BCUT2D eigenvalue weighted by Gasteiger charge is 2.37. The Bertz CT molecular complexity index is 761. The zero-order valence-corrected chi connectivity index (χ0v) is 19.0. The van der Waals surface area contributed by atoms with Crippen LogP contribution in [0.15, 0.2) is 0 Å². The number of ether oxygens (including phenoxy) is 1. The van der Waals surface area contributed by atoms with Crippen molar-refractivity contribution >= 4 is 28.2 Å². The molecule has 0 bridgehead atoms. The van der Waals surface area contributed by atoms with E-state index in [2.05, 4.69) is 10.6 Å². The molecule has 2 heterocycles. The molecule has 1 saturated carbocycles. The molecule has 1 aromatic heterocycles. The predicted molar refractivity (Wildman–Crippen MR) is 119 cm³/mol. The average Bonchev–Trinajstić information content (AvgIpc) is 3.12. The summed E-state index contributed by atoms with van der Waals surface area (Å²) in [5, 5.41) is 6.85. The van der Waals surface area contributed by atoms with Crippen LogP contribution in [-0.2, 0) is 22.4 Å². The molecule has 0 aromatic carbocycles. The maximum atomic E-state index is 13.0. The van der Waals surface area contributed by atoms with Crippen LogP contribution in [0.1, 0.15) is 72.2 Å². The molecule has 7 heteroatoms. The van der Waals surface area contributed by atoms with E-state index in [1.54, 1.807) is 18.4 Å². The fourth-order valence-corrected chi connectivity index (χ4v) is 7.02. The first kappa shape index (κ1) is 21.8. The van der Waals surface area contributed by atoms with Crippen LogP contribution < -0.4 is 15.5 Å². The molecule has 1 aliphatic heterocycles. The van der Waals surface area contributed by atoms with E-state index in [-0.39, 0.29) is 11.8 Å². The lowest BCUT2D eigenvalue weighted by atomic mass is 9.78. The Morgan fingerprint density at radius 1 is 1.10 bits per heavy atom. The second kappa shape index (κ2) is 10.2. The third kappa shape index (κ3) is 4.89. The molecule has 0 spiro atoms. The molecule has 6 nitrogen and oxygen atoms in total. The lowest BCUT2D eigenvalue weighted by Crippen LogP contribution is -3.18. The Kier molecular flexibility index (Phi) is 7.44. The first-order valence-electron chi connectivity index (χ1n) is 11.7. The van der Waals surface area contributed by atoms with E-state index in [0.29, 0.717) is 31.3 Å². The summed E-state index contributed by atoms with van der Waals surface area (Å²) in [7, 11) is 1.63. The van der Waals surface area contributed by atoms with E-state index >= 15 is 0 Å². The van der Waals surface area contributed by atoms with Crippen molar-refractivity contribution in [3.05, 3.63) is 16.0 Å². The standard InChI is InChI=1S/C23H35N3O3S/c1-29-14-12-24-22(28)21-17-9-3-5-11-19(17)30-23(21)25-20(27)15-26-13-6-8-16-7-2-4-10-18(16)26/h16,18H,2-15H2,1H3,(H,24,28)(H,25,27)/p+1/t16-,18-/m0/s1. The molecule has 4 rings (SSSR count). The van der Waals surface area contributed by atoms with Crippen LogP contribution >= 0.6 is 11.3 Å². The van der Waals surface area contributed by atoms with Crippen LogP contribution in [0, 0.1) is 5.92 Å². The Hall–Kier alpha value is -1.44. The van der Waals surface area contributed by atoms with E-state index in [1.165, 1.54) is 48.3 Å². The van der Waals surface area contributed by atoms with Gasteiger partial charge in [0, 0.05) is 24.4 Å². The van der Waals surface area contributed by atoms with Gasteiger partial charge in [0.15, 0.2) is 6.54 Å². The monoisotopic (exact) mass is 434 g/mol. The van der Waals surface area contributed by atoms with Gasteiger partial charge in [-0.1, -0.05) is 6.42 Å². The maximum absolute atomic E-state index is 13.0. The minimum atomic E-state index is -0.0839. The van der Waals surface area contributed by atoms with Gasteiger partial charge in [-0.05, 0) is 63.4 Å². The predicted octanol–water partition coefficient (Wildman–Crippen LogP) is 2.18.